The summed E-state index contributed by atoms with van der Waals surface area (Å²) in [6.45, 7) is 4.87. The molecular weight excluding hydrogens is 716 g/mol. The zero-order valence-corrected chi connectivity index (χ0v) is 31.8. The van der Waals surface area contributed by atoms with Gasteiger partial charge < -0.3 is 35.0 Å². The molecule has 1 aromatic heterocycles. The number of rotatable bonds is 10. The molecule has 6 rings (SSSR count). The second-order valence-electron chi connectivity index (χ2n) is 15.1. The number of fused-ring (bicyclic) bond motifs is 1. The zero-order chi connectivity index (χ0) is 39.8. The van der Waals surface area contributed by atoms with Crippen molar-refractivity contribution in [3.63, 3.8) is 0 Å². The van der Waals surface area contributed by atoms with Gasteiger partial charge >= 0.3 is 12.2 Å². The van der Waals surface area contributed by atoms with Gasteiger partial charge in [-0.1, -0.05) is 78.9 Å². The molecule has 2 fully saturated rings. The van der Waals surface area contributed by atoms with Gasteiger partial charge in [0.2, 0.25) is 17.7 Å². The van der Waals surface area contributed by atoms with Gasteiger partial charge in [-0.05, 0) is 63.3 Å². The Bertz CT molecular complexity index is 2020. The van der Waals surface area contributed by atoms with Crippen molar-refractivity contribution in [1.82, 2.24) is 25.0 Å². The first-order valence-electron chi connectivity index (χ1n) is 18.8. The van der Waals surface area contributed by atoms with Crippen LogP contribution in [-0.2, 0) is 36.9 Å². The fourth-order valence-electron chi connectivity index (χ4n) is 6.88. The van der Waals surface area contributed by atoms with Crippen molar-refractivity contribution in [2.24, 2.45) is 0 Å². The highest BCUT2D eigenvalue weighted by atomic mass is 16.6. The number of nitrogens with zero attached hydrogens (tertiary/aromatic N) is 4. The van der Waals surface area contributed by atoms with E-state index in [0.29, 0.717) is 12.1 Å². The van der Waals surface area contributed by atoms with Crippen molar-refractivity contribution in [2.45, 2.75) is 76.5 Å². The van der Waals surface area contributed by atoms with Crippen LogP contribution in [0.2, 0.25) is 0 Å². The molecule has 5 amide bonds. The predicted octanol–water partition coefficient (Wildman–Crippen LogP) is 4.51. The number of anilines is 1. The van der Waals surface area contributed by atoms with E-state index in [0.717, 1.165) is 22.0 Å². The fraction of sp³-hybridized carbons (Fsp3) is 0.381. The Balaban J connectivity index is 1.23. The van der Waals surface area contributed by atoms with Crippen LogP contribution in [0, 0.1) is 0 Å². The number of piperazine rings is 1. The van der Waals surface area contributed by atoms with Crippen LogP contribution >= 0.6 is 0 Å². The SMILES string of the molecule is CC(C)(C)OC(=O)N1CCN(C(=O)OCc2ccccc2)CC1C(=O)N1C[C@H](NC(=O)[C@H](O)CCc2ccccc2)C[C@H]1C(=O)Nc1cnc2ccccc2c1. The number of carbonyl (C=O) groups is 5. The highest BCUT2D eigenvalue weighted by Gasteiger charge is 2.47. The van der Waals surface area contributed by atoms with Gasteiger partial charge in [0.15, 0.2) is 0 Å². The lowest BCUT2D eigenvalue weighted by Gasteiger charge is -2.42. The van der Waals surface area contributed by atoms with E-state index in [4.69, 9.17) is 9.47 Å². The summed E-state index contributed by atoms with van der Waals surface area (Å²) in [4.78, 5) is 77.4. The Morgan fingerprint density at radius 1 is 0.839 bits per heavy atom. The predicted molar refractivity (Wildman–Crippen MR) is 208 cm³/mol. The summed E-state index contributed by atoms with van der Waals surface area (Å²) in [5, 5.41) is 17.3. The molecule has 4 aromatic rings. The van der Waals surface area contributed by atoms with Gasteiger partial charge in [-0.2, -0.15) is 0 Å². The monoisotopic (exact) mass is 764 g/mol. The van der Waals surface area contributed by atoms with Crippen LogP contribution in [0.25, 0.3) is 10.9 Å². The van der Waals surface area contributed by atoms with E-state index in [1.807, 2.05) is 84.9 Å². The number of aliphatic hydroxyl groups is 1. The Morgan fingerprint density at radius 3 is 2.23 bits per heavy atom. The molecule has 3 aromatic carbocycles. The van der Waals surface area contributed by atoms with Gasteiger partial charge in [0.1, 0.15) is 30.4 Å². The molecule has 2 aliphatic heterocycles. The van der Waals surface area contributed by atoms with E-state index in [9.17, 15) is 29.1 Å². The Kier molecular flexibility index (Phi) is 12.5. The molecule has 14 nitrogen and oxygen atoms in total. The first-order valence-corrected chi connectivity index (χ1v) is 18.8. The van der Waals surface area contributed by atoms with Crippen LogP contribution in [0.5, 0.6) is 0 Å². The van der Waals surface area contributed by atoms with Crippen molar-refractivity contribution in [3.8, 4) is 0 Å². The minimum Gasteiger partial charge on any atom is -0.445 e. The van der Waals surface area contributed by atoms with Crippen molar-refractivity contribution in [2.75, 3.05) is 31.5 Å². The zero-order valence-electron chi connectivity index (χ0n) is 31.8. The lowest BCUT2D eigenvalue weighted by molar-refractivity contribution is -0.143. The molecule has 0 bridgehead atoms. The number of aromatic nitrogens is 1. The summed E-state index contributed by atoms with van der Waals surface area (Å²) in [6.07, 6.45) is -0.542. The third-order valence-corrected chi connectivity index (χ3v) is 9.70. The summed E-state index contributed by atoms with van der Waals surface area (Å²) in [5.74, 6) is -1.77. The Morgan fingerprint density at radius 2 is 1.52 bits per heavy atom. The Hall–Kier alpha value is -6.02. The third-order valence-electron chi connectivity index (χ3n) is 9.70. The van der Waals surface area contributed by atoms with E-state index >= 15 is 0 Å². The molecule has 1 unspecified atom stereocenters. The van der Waals surface area contributed by atoms with E-state index in [1.165, 1.54) is 20.9 Å². The van der Waals surface area contributed by atoms with E-state index < -0.39 is 59.7 Å². The van der Waals surface area contributed by atoms with Crippen LogP contribution in [-0.4, -0.2) is 111 Å². The molecule has 0 saturated carbocycles. The minimum atomic E-state index is -1.33. The number of aliphatic hydroxyl groups excluding tert-OH is 1. The molecular formula is C42H48N6O8. The van der Waals surface area contributed by atoms with Crippen LogP contribution < -0.4 is 10.6 Å². The number of likely N-dealkylation sites (tertiary alicyclic amines) is 1. The highest BCUT2D eigenvalue weighted by molar-refractivity contribution is 6.00. The number of amides is 5. The fourth-order valence-corrected chi connectivity index (χ4v) is 6.88. The molecule has 0 spiro atoms. The average Bonchev–Trinajstić information content (AvgIpc) is 3.62. The molecule has 3 heterocycles. The number of nitrogens with one attached hydrogen (secondary N) is 2. The number of hydrogen-bond acceptors (Lipinski definition) is 9. The van der Waals surface area contributed by atoms with Gasteiger partial charge in [0.25, 0.3) is 0 Å². The minimum absolute atomic E-state index is 0.0150. The van der Waals surface area contributed by atoms with Crippen LogP contribution in [0.4, 0.5) is 15.3 Å². The number of ether oxygens (including phenoxy) is 2. The van der Waals surface area contributed by atoms with Crippen molar-refractivity contribution in [1.29, 1.82) is 0 Å². The normalized spacial score (nSPS) is 18.9. The van der Waals surface area contributed by atoms with Gasteiger partial charge in [0, 0.05) is 31.1 Å². The summed E-state index contributed by atoms with van der Waals surface area (Å²) >= 11 is 0. The molecule has 3 N–H and O–H groups in total. The quantitative estimate of drug-likeness (QED) is 0.210. The maximum Gasteiger partial charge on any atom is 0.411 e. The molecule has 2 saturated heterocycles. The first kappa shape index (κ1) is 39.7. The molecule has 56 heavy (non-hydrogen) atoms. The highest BCUT2D eigenvalue weighted by Crippen LogP contribution is 2.26. The van der Waals surface area contributed by atoms with Crippen LogP contribution in [0.3, 0.4) is 0 Å². The number of hydrogen-bond donors (Lipinski definition) is 3. The lowest BCUT2D eigenvalue weighted by atomic mass is 10.1. The Labute approximate surface area is 325 Å². The summed E-state index contributed by atoms with van der Waals surface area (Å²) in [5.41, 5.74) is 2.02. The maximum atomic E-state index is 14.7. The number of benzene rings is 3. The smallest absolute Gasteiger partial charge is 0.411 e. The van der Waals surface area contributed by atoms with E-state index in [1.54, 1.807) is 26.8 Å². The van der Waals surface area contributed by atoms with Crippen LogP contribution in [0.1, 0.15) is 44.7 Å². The molecule has 294 valence electrons. The maximum absolute atomic E-state index is 14.7. The summed E-state index contributed by atoms with van der Waals surface area (Å²) < 4.78 is 11.2. The van der Waals surface area contributed by atoms with Crippen molar-refractivity contribution < 1.29 is 38.6 Å². The second-order valence-corrected chi connectivity index (χ2v) is 15.1. The molecule has 0 aliphatic carbocycles. The van der Waals surface area contributed by atoms with Gasteiger partial charge in [-0.3, -0.25) is 24.3 Å². The molecule has 14 heteroatoms. The van der Waals surface area contributed by atoms with Crippen LogP contribution in [0.15, 0.2) is 97.2 Å². The topological polar surface area (TPSA) is 171 Å². The third kappa shape index (κ3) is 10.2. The summed E-state index contributed by atoms with van der Waals surface area (Å²) in [7, 11) is 0. The lowest BCUT2D eigenvalue weighted by Crippen LogP contribution is -2.63. The van der Waals surface area contributed by atoms with E-state index in [2.05, 4.69) is 15.6 Å². The molecule has 0 radical (unpaired) electrons. The van der Waals surface area contributed by atoms with Gasteiger partial charge in [0.05, 0.1) is 23.9 Å². The second kappa shape index (κ2) is 17.6. The first-order chi connectivity index (χ1) is 26.8. The standard InChI is InChI=1S/C42H48N6O8/c1-42(2,3)56-41(54)47-21-20-46(40(53)55-27-29-14-8-5-9-15-29)26-35(47)39(52)48-25-32(45-38(51)36(49)19-18-28-12-6-4-7-13-28)23-34(48)37(50)44-31-22-30-16-10-11-17-33(30)43-24-31/h4-17,22,24,32,34-36,49H,18-21,23,25-27H2,1-3H3,(H,44,50)(H,45,51)/t32-,34+,35?,36-/m1/s1. The van der Waals surface area contributed by atoms with Crippen molar-refractivity contribution >= 4 is 46.5 Å². The van der Waals surface area contributed by atoms with Crippen molar-refractivity contribution in [3.05, 3.63) is 108 Å². The molecule has 4 atom stereocenters. The molecule has 2 aliphatic rings. The van der Waals surface area contributed by atoms with Gasteiger partial charge in [-0.25, -0.2) is 9.59 Å². The van der Waals surface area contributed by atoms with Gasteiger partial charge in [-0.15, -0.1) is 0 Å². The number of para-hydroxylation sites is 1. The average molecular weight is 765 g/mol. The summed E-state index contributed by atoms with van der Waals surface area (Å²) in [6, 6.07) is 24.8. The number of carbonyl (C=O) groups excluding carboxylic acids is 5. The van der Waals surface area contributed by atoms with E-state index in [-0.39, 0.29) is 45.6 Å². The largest absolute Gasteiger partial charge is 0.445 e. The number of pyridine rings is 1. The number of aryl methyl sites for hydroxylation is 1.